The molecule has 0 aliphatic heterocycles. The number of hydrogen-bond donors (Lipinski definition) is 2. The summed E-state index contributed by atoms with van der Waals surface area (Å²) in [5.74, 6) is -17.3. The van der Waals surface area contributed by atoms with Crippen molar-refractivity contribution in [2.45, 2.75) is 31.1 Å². The average molecular weight is 472 g/mol. The van der Waals surface area contributed by atoms with Gasteiger partial charge in [-0.15, -0.1) is 0 Å². The highest BCUT2D eigenvalue weighted by Gasteiger charge is 2.73. The molecule has 0 atom stereocenters. The van der Waals surface area contributed by atoms with E-state index in [1.165, 1.54) is 0 Å². The van der Waals surface area contributed by atoms with Crippen molar-refractivity contribution in [2.24, 2.45) is 0 Å². The van der Waals surface area contributed by atoms with E-state index >= 15 is 0 Å². The van der Waals surface area contributed by atoms with Gasteiger partial charge in [-0.05, 0) is 24.3 Å². The third-order valence-corrected chi connectivity index (χ3v) is 2.38. The molecule has 0 radical (unpaired) electrons. The fourth-order valence-corrected chi connectivity index (χ4v) is 1.05. The summed E-state index contributed by atoms with van der Waals surface area (Å²) in [5, 5.41) is 0. The fourth-order valence-electron chi connectivity index (χ4n) is 1.05. The average Bonchev–Trinajstić information content (AvgIpc) is 2.63. The highest BCUT2D eigenvalue weighted by molar-refractivity contribution is 7.79. The molecule has 2 aromatic heterocycles. The Morgan fingerprint density at radius 3 is 1.07 bits per heavy atom. The van der Waals surface area contributed by atoms with Gasteiger partial charge in [0.25, 0.3) is 0 Å². The molecule has 15 heteroatoms. The molecule has 0 aromatic carbocycles. The molecule has 6 nitrogen and oxygen atoms in total. The second-order valence-corrected chi connectivity index (χ2v) is 5.78. The Hall–Kier alpha value is -2.39. The smallest absolute Gasteiger partial charge is 0.265 e. The van der Waals surface area contributed by atoms with Gasteiger partial charge in [0.15, 0.2) is 0 Å². The molecule has 2 N–H and O–H groups in total. The highest BCUT2D eigenvalue weighted by atomic mass is 32.3. The first kappa shape index (κ1) is 29.8. The van der Waals surface area contributed by atoms with Crippen molar-refractivity contribution in [2.75, 3.05) is 0 Å². The Morgan fingerprint density at radius 1 is 0.733 bits per heavy atom. The molecule has 0 amide bonds. The predicted molar refractivity (Wildman–Crippen MR) is 89.2 cm³/mol. The minimum absolute atomic E-state index is 0.552. The normalized spacial score (nSPS) is 11.7. The van der Waals surface area contributed by atoms with Crippen molar-refractivity contribution in [3.8, 4) is 0 Å². The van der Waals surface area contributed by atoms with E-state index in [9.17, 15) is 35.1 Å². The van der Waals surface area contributed by atoms with Crippen molar-refractivity contribution in [1.82, 2.24) is 9.97 Å². The van der Waals surface area contributed by atoms with Crippen LogP contribution in [0.5, 0.6) is 0 Å². The topological polar surface area (TPSA) is 100 Å². The van der Waals surface area contributed by atoms with Crippen LogP contribution in [0.1, 0.15) is 6.92 Å². The Morgan fingerprint density at radius 2 is 1.00 bits per heavy atom. The van der Waals surface area contributed by atoms with Crippen LogP contribution in [-0.4, -0.2) is 51.7 Å². The number of alkyl halides is 8. The molecule has 0 fully saturated rings. The molecule has 0 aliphatic rings. The summed E-state index contributed by atoms with van der Waals surface area (Å²) in [7, 11) is -4.67. The molecule has 0 saturated heterocycles. The number of aromatic nitrogens is 2. The lowest BCUT2D eigenvalue weighted by Crippen LogP contribution is -2.56. The second-order valence-electron chi connectivity index (χ2n) is 4.88. The number of halogens is 8. The Bertz CT molecular complexity index is 683. The van der Waals surface area contributed by atoms with Crippen LogP contribution in [0.4, 0.5) is 35.1 Å². The molecule has 0 aliphatic carbocycles. The summed E-state index contributed by atoms with van der Waals surface area (Å²) >= 11 is 0. The summed E-state index contributed by atoms with van der Waals surface area (Å²) in [6, 6.07) is 11.4. The van der Waals surface area contributed by atoms with E-state index in [0.29, 0.717) is 0 Å². The van der Waals surface area contributed by atoms with Crippen LogP contribution >= 0.6 is 0 Å². The first-order chi connectivity index (χ1) is 13.4. The monoisotopic (exact) mass is 472 g/mol. The van der Waals surface area contributed by atoms with Crippen molar-refractivity contribution in [3.63, 3.8) is 0 Å². The lowest BCUT2D eigenvalue weighted by Gasteiger charge is -2.29. The second kappa shape index (κ2) is 13.0. The summed E-state index contributed by atoms with van der Waals surface area (Å²) in [4.78, 5) is 7.57. The van der Waals surface area contributed by atoms with E-state index in [-0.39, 0.29) is 0 Å². The van der Waals surface area contributed by atoms with Crippen molar-refractivity contribution in [3.05, 3.63) is 61.2 Å². The minimum Gasteiger partial charge on any atom is -0.265 e. The van der Waals surface area contributed by atoms with Gasteiger partial charge < -0.3 is 0 Å². The van der Waals surface area contributed by atoms with Gasteiger partial charge in [0.1, 0.15) is 0 Å². The molecular weight excluding hydrogens is 456 g/mol. The van der Waals surface area contributed by atoms with E-state index < -0.39 is 41.5 Å². The van der Waals surface area contributed by atoms with Crippen molar-refractivity contribution < 1.29 is 52.6 Å². The van der Waals surface area contributed by atoms with Crippen LogP contribution in [0.15, 0.2) is 61.2 Å². The number of rotatable bonds is 3. The number of nitrogens with zero attached hydrogens (tertiary/aromatic N) is 2. The SMILES string of the molecule is CC(F)(F)C(F)(F)C(F)(F)C(F)F.O=S(=O)(O)O.c1ccncc1.c1ccncc1. The van der Waals surface area contributed by atoms with Gasteiger partial charge in [-0.2, -0.15) is 34.8 Å². The summed E-state index contributed by atoms with van der Waals surface area (Å²) in [5.41, 5.74) is 0. The van der Waals surface area contributed by atoms with E-state index in [4.69, 9.17) is 17.5 Å². The zero-order valence-electron chi connectivity index (χ0n) is 14.9. The Balaban J connectivity index is 0. The molecular formula is C15H16F8N2O4S. The molecule has 172 valence electrons. The van der Waals surface area contributed by atoms with E-state index in [0.717, 1.165) is 0 Å². The standard InChI is InChI=1S/C5H4F8.2C5H5N.H2O4S/c1-3(8,9)5(12,13)4(10,11)2(6)7;2*1-2-4-6-5-3-1;1-5(2,3)4/h2H,1H3;2*1-5H;(H2,1,2,3,4). The van der Waals surface area contributed by atoms with Crippen molar-refractivity contribution in [1.29, 1.82) is 0 Å². The van der Waals surface area contributed by atoms with Crippen LogP contribution in [0, 0.1) is 0 Å². The molecule has 0 saturated carbocycles. The van der Waals surface area contributed by atoms with Gasteiger partial charge >= 0.3 is 34.6 Å². The van der Waals surface area contributed by atoms with Gasteiger partial charge in [0.05, 0.1) is 0 Å². The van der Waals surface area contributed by atoms with Crippen LogP contribution in [0.2, 0.25) is 0 Å². The third-order valence-electron chi connectivity index (χ3n) is 2.38. The van der Waals surface area contributed by atoms with Gasteiger partial charge in [0, 0.05) is 31.7 Å². The van der Waals surface area contributed by atoms with Gasteiger partial charge in [-0.3, -0.25) is 19.1 Å². The molecule has 2 aromatic rings. The van der Waals surface area contributed by atoms with Crippen molar-refractivity contribution >= 4 is 10.4 Å². The van der Waals surface area contributed by atoms with Crippen LogP contribution < -0.4 is 0 Å². The lowest BCUT2D eigenvalue weighted by atomic mass is 10.1. The summed E-state index contributed by atoms with van der Waals surface area (Å²) in [6.45, 7) is -0.552. The van der Waals surface area contributed by atoms with Crippen LogP contribution in [0.25, 0.3) is 0 Å². The maximum Gasteiger partial charge on any atom is 0.394 e. The largest absolute Gasteiger partial charge is 0.394 e. The number of pyridine rings is 2. The minimum atomic E-state index is -6.06. The molecule has 0 bridgehead atoms. The summed E-state index contributed by atoms with van der Waals surface area (Å²) in [6.07, 6.45) is 2.16. The first-order valence-electron chi connectivity index (χ1n) is 7.26. The summed E-state index contributed by atoms with van der Waals surface area (Å²) < 4.78 is 125. The predicted octanol–water partition coefficient (Wildman–Crippen LogP) is 4.69. The molecule has 0 spiro atoms. The zero-order chi connectivity index (χ0) is 24.1. The van der Waals surface area contributed by atoms with Gasteiger partial charge in [0.2, 0.25) is 0 Å². The zero-order valence-corrected chi connectivity index (χ0v) is 15.7. The molecule has 30 heavy (non-hydrogen) atoms. The maximum atomic E-state index is 12.0. The van der Waals surface area contributed by atoms with Gasteiger partial charge in [-0.1, -0.05) is 12.1 Å². The molecule has 2 rings (SSSR count). The molecule has 2 heterocycles. The lowest BCUT2D eigenvalue weighted by molar-refractivity contribution is -0.333. The number of hydrogen-bond acceptors (Lipinski definition) is 4. The fraction of sp³-hybridized carbons (Fsp3) is 0.333. The Kier molecular flexibility index (Phi) is 12.9. The maximum absolute atomic E-state index is 12.0. The highest BCUT2D eigenvalue weighted by Crippen LogP contribution is 2.47. The van der Waals surface area contributed by atoms with E-state index in [2.05, 4.69) is 9.97 Å². The molecule has 0 unspecified atom stereocenters. The van der Waals surface area contributed by atoms with E-state index in [1.54, 1.807) is 24.8 Å². The third kappa shape index (κ3) is 13.7. The van der Waals surface area contributed by atoms with Crippen LogP contribution in [-0.2, 0) is 10.4 Å². The van der Waals surface area contributed by atoms with Crippen LogP contribution in [0.3, 0.4) is 0 Å². The van der Waals surface area contributed by atoms with Gasteiger partial charge in [-0.25, -0.2) is 8.78 Å². The Labute approximate surface area is 166 Å². The van der Waals surface area contributed by atoms with E-state index in [1.807, 2.05) is 36.4 Å². The quantitative estimate of drug-likeness (QED) is 0.497. The first-order valence-corrected chi connectivity index (χ1v) is 8.65.